The first-order chi connectivity index (χ1) is 12.5. The summed E-state index contributed by atoms with van der Waals surface area (Å²) in [6.07, 6.45) is -0.393. The van der Waals surface area contributed by atoms with E-state index in [4.69, 9.17) is 4.74 Å². The van der Waals surface area contributed by atoms with Gasteiger partial charge in [0, 0.05) is 30.1 Å². The second-order valence-corrected chi connectivity index (χ2v) is 8.68. The topological polar surface area (TPSA) is 29.5 Å². The van der Waals surface area contributed by atoms with E-state index in [0.717, 1.165) is 17.2 Å². The number of rotatable bonds is 1. The van der Waals surface area contributed by atoms with Crippen molar-refractivity contribution in [2.45, 2.75) is 52.2 Å². The molecule has 0 bridgehead atoms. The normalized spacial score (nSPS) is 16.0. The molecule has 1 heterocycles. The molecule has 1 amide bonds. The molecule has 2 aromatic carbocycles. The number of halogens is 2. The molecule has 144 valence electrons. The second-order valence-electron chi connectivity index (χ2n) is 8.68. The fourth-order valence-electron chi connectivity index (χ4n) is 3.62. The molecule has 1 aliphatic heterocycles. The lowest BCUT2D eigenvalue weighted by molar-refractivity contribution is 0.0174. The number of amides is 1. The van der Waals surface area contributed by atoms with Gasteiger partial charge in [0.25, 0.3) is 0 Å². The molecule has 0 unspecified atom stereocenters. The standard InChI is InChI=1S/C22H25F2NO2/c1-21(2,3)27-20(26)25-12-17-15(16-10-9-14(23)11-19(16)24)7-6-8-18(17)22(4,5)13-25/h6-11H,12-13H2,1-5H3. The average Bonchev–Trinajstić information content (AvgIpc) is 2.52. The Bertz CT molecular complexity index is 884. The lowest BCUT2D eigenvalue weighted by Gasteiger charge is -2.41. The van der Waals surface area contributed by atoms with Gasteiger partial charge in [0.2, 0.25) is 0 Å². The van der Waals surface area contributed by atoms with Gasteiger partial charge < -0.3 is 9.64 Å². The van der Waals surface area contributed by atoms with Gasteiger partial charge in [-0.15, -0.1) is 0 Å². The van der Waals surface area contributed by atoms with Crippen LogP contribution >= 0.6 is 0 Å². The third-order valence-electron chi connectivity index (χ3n) is 4.71. The van der Waals surface area contributed by atoms with Crippen LogP contribution in [0.15, 0.2) is 36.4 Å². The van der Waals surface area contributed by atoms with Crippen LogP contribution in [0, 0.1) is 11.6 Å². The summed E-state index contributed by atoms with van der Waals surface area (Å²) in [6, 6.07) is 9.27. The monoisotopic (exact) mass is 373 g/mol. The Labute approximate surface area is 158 Å². The molecule has 2 aromatic rings. The van der Waals surface area contributed by atoms with E-state index in [1.54, 1.807) is 4.90 Å². The van der Waals surface area contributed by atoms with Gasteiger partial charge in [0.05, 0.1) is 0 Å². The molecule has 0 N–H and O–H groups in total. The maximum absolute atomic E-state index is 14.4. The molecule has 0 atom stereocenters. The van der Waals surface area contributed by atoms with Gasteiger partial charge in [-0.2, -0.15) is 0 Å². The third-order valence-corrected chi connectivity index (χ3v) is 4.71. The maximum Gasteiger partial charge on any atom is 0.410 e. The van der Waals surface area contributed by atoms with Gasteiger partial charge in [-0.25, -0.2) is 13.6 Å². The molecule has 27 heavy (non-hydrogen) atoms. The van der Waals surface area contributed by atoms with Crippen LogP contribution in [0.4, 0.5) is 13.6 Å². The molecule has 0 saturated heterocycles. The van der Waals surface area contributed by atoms with Crippen LogP contribution in [-0.4, -0.2) is 23.1 Å². The zero-order valence-corrected chi connectivity index (χ0v) is 16.4. The second kappa shape index (κ2) is 6.63. The molecule has 3 nitrogen and oxygen atoms in total. The zero-order chi connectivity index (χ0) is 20.0. The van der Waals surface area contributed by atoms with E-state index < -0.39 is 23.3 Å². The molecular formula is C22H25F2NO2. The quantitative estimate of drug-likeness (QED) is 0.645. The molecule has 0 radical (unpaired) electrons. The van der Waals surface area contributed by atoms with E-state index >= 15 is 0 Å². The highest BCUT2D eigenvalue weighted by Crippen LogP contribution is 2.39. The minimum Gasteiger partial charge on any atom is -0.444 e. The minimum absolute atomic E-state index is 0.320. The summed E-state index contributed by atoms with van der Waals surface area (Å²) in [5.74, 6) is -1.23. The van der Waals surface area contributed by atoms with Gasteiger partial charge in [0.1, 0.15) is 17.2 Å². The Morgan fingerprint density at radius 1 is 1.11 bits per heavy atom. The Morgan fingerprint density at radius 2 is 1.81 bits per heavy atom. The molecule has 3 rings (SSSR count). The van der Waals surface area contributed by atoms with Crippen molar-refractivity contribution in [2.24, 2.45) is 0 Å². The number of fused-ring (bicyclic) bond motifs is 1. The van der Waals surface area contributed by atoms with E-state index in [-0.39, 0.29) is 5.41 Å². The maximum atomic E-state index is 14.4. The average molecular weight is 373 g/mol. The van der Waals surface area contributed by atoms with Gasteiger partial charge in [-0.3, -0.25) is 0 Å². The first-order valence-corrected chi connectivity index (χ1v) is 9.04. The Hall–Kier alpha value is -2.43. The number of ether oxygens (including phenoxy) is 1. The minimum atomic E-state index is -0.615. The SMILES string of the molecule is CC(C)(C)OC(=O)N1Cc2c(-c3ccc(F)cc3F)cccc2C(C)(C)C1. The number of carbonyl (C=O) groups is 1. The fourth-order valence-corrected chi connectivity index (χ4v) is 3.62. The van der Waals surface area contributed by atoms with Crippen molar-refractivity contribution >= 4 is 6.09 Å². The predicted octanol–water partition coefficient (Wildman–Crippen LogP) is 5.66. The zero-order valence-electron chi connectivity index (χ0n) is 16.4. The van der Waals surface area contributed by atoms with Crippen molar-refractivity contribution in [2.75, 3.05) is 6.54 Å². The van der Waals surface area contributed by atoms with Gasteiger partial charge >= 0.3 is 6.09 Å². The smallest absolute Gasteiger partial charge is 0.410 e. The van der Waals surface area contributed by atoms with Crippen LogP contribution < -0.4 is 0 Å². The summed E-state index contributed by atoms with van der Waals surface area (Å²) in [5.41, 5.74) is 2.01. The summed E-state index contributed by atoms with van der Waals surface area (Å²) in [5, 5.41) is 0. The van der Waals surface area contributed by atoms with Crippen LogP contribution in [0.25, 0.3) is 11.1 Å². The van der Waals surface area contributed by atoms with Crippen LogP contribution in [0.1, 0.15) is 45.7 Å². The molecule has 0 aliphatic carbocycles. The van der Waals surface area contributed by atoms with Crippen molar-refractivity contribution < 1.29 is 18.3 Å². The third kappa shape index (κ3) is 3.97. The van der Waals surface area contributed by atoms with Crippen molar-refractivity contribution in [3.63, 3.8) is 0 Å². The number of hydrogen-bond donors (Lipinski definition) is 0. The summed E-state index contributed by atoms with van der Waals surface area (Å²) in [4.78, 5) is 14.3. The van der Waals surface area contributed by atoms with E-state index in [2.05, 4.69) is 0 Å². The van der Waals surface area contributed by atoms with E-state index in [9.17, 15) is 13.6 Å². The van der Waals surface area contributed by atoms with Crippen LogP contribution in [0.3, 0.4) is 0 Å². The molecule has 1 aliphatic rings. The predicted molar refractivity (Wildman–Crippen MR) is 101 cm³/mol. The molecule has 0 fully saturated rings. The fraction of sp³-hybridized carbons (Fsp3) is 0.409. The molecule has 0 saturated carbocycles. The molecular weight excluding hydrogens is 348 g/mol. The highest BCUT2D eigenvalue weighted by Gasteiger charge is 2.37. The van der Waals surface area contributed by atoms with Gasteiger partial charge in [0.15, 0.2) is 0 Å². The number of carbonyl (C=O) groups excluding carboxylic acids is 1. The Morgan fingerprint density at radius 3 is 2.44 bits per heavy atom. The van der Waals surface area contributed by atoms with Crippen molar-refractivity contribution in [3.05, 3.63) is 59.2 Å². The van der Waals surface area contributed by atoms with Crippen molar-refractivity contribution in [3.8, 4) is 11.1 Å². The van der Waals surface area contributed by atoms with Crippen LogP contribution in [0.2, 0.25) is 0 Å². The summed E-state index contributed by atoms with van der Waals surface area (Å²) in [7, 11) is 0. The number of hydrogen-bond acceptors (Lipinski definition) is 2. The largest absolute Gasteiger partial charge is 0.444 e. The first kappa shape index (κ1) is 19.3. The molecule has 0 aromatic heterocycles. The lowest BCUT2D eigenvalue weighted by Crippen LogP contribution is -2.47. The highest BCUT2D eigenvalue weighted by atomic mass is 19.1. The number of benzene rings is 2. The Balaban J connectivity index is 2.07. The Kier molecular flexibility index (Phi) is 4.74. The van der Waals surface area contributed by atoms with Crippen molar-refractivity contribution in [1.29, 1.82) is 0 Å². The lowest BCUT2D eigenvalue weighted by atomic mass is 9.76. The van der Waals surface area contributed by atoms with E-state index in [1.165, 1.54) is 12.1 Å². The highest BCUT2D eigenvalue weighted by molar-refractivity contribution is 5.74. The van der Waals surface area contributed by atoms with Crippen LogP contribution in [-0.2, 0) is 16.7 Å². The summed E-state index contributed by atoms with van der Waals surface area (Å²) < 4.78 is 33.3. The summed E-state index contributed by atoms with van der Waals surface area (Å²) >= 11 is 0. The number of nitrogens with zero attached hydrogens (tertiary/aromatic N) is 1. The summed E-state index contributed by atoms with van der Waals surface area (Å²) in [6.45, 7) is 10.4. The molecule has 0 spiro atoms. The van der Waals surface area contributed by atoms with E-state index in [1.807, 2.05) is 52.8 Å². The van der Waals surface area contributed by atoms with Gasteiger partial charge in [-0.1, -0.05) is 32.0 Å². The molecule has 5 heteroatoms. The van der Waals surface area contributed by atoms with Gasteiger partial charge in [-0.05, 0) is 49.6 Å². The van der Waals surface area contributed by atoms with Crippen molar-refractivity contribution in [1.82, 2.24) is 4.90 Å². The van der Waals surface area contributed by atoms with Crippen LogP contribution in [0.5, 0.6) is 0 Å². The first-order valence-electron chi connectivity index (χ1n) is 9.04. The van der Waals surface area contributed by atoms with E-state index in [0.29, 0.717) is 24.2 Å².